The number of nitrogens with one attached hydrogen (secondary N) is 1. The van der Waals surface area contributed by atoms with Crippen LogP contribution in [0.4, 0.5) is 5.69 Å². The van der Waals surface area contributed by atoms with Crippen molar-refractivity contribution in [1.82, 2.24) is 9.88 Å². The quantitative estimate of drug-likeness (QED) is 0.343. The van der Waals surface area contributed by atoms with Crippen LogP contribution in [0, 0.1) is 5.92 Å². The first-order valence-electron chi connectivity index (χ1n) is 11.0. The fraction of sp³-hybridized carbons (Fsp3) is 0.500. The second-order valence-electron chi connectivity index (χ2n) is 7.96. The lowest BCUT2D eigenvalue weighted by Gasteiger charge is -2.17. The summed E-state index contributed by atoms with van der Waals surface area (Å²) in [5.41, 5.74) is 6.97. The molecule has 2 aromatic rings. The number of hydrogen-bond acceptors (Lipinski definition) is 6. The molecular weight excluding hydrogens is 394 g/mol. The van der Waals surface area contributed by atoms with Crippen LogP contribution in [0.25, 0.3) is 10.9 Å². The molecule has 0 radical (unpaired) electrons. The number of aromatic hydroxyl groups is 1. The van der Waals surface area contributed by atoms with Crippen LogP contribution in [-0.2, 0) is 17.8 Å². The van der Waals surface area contributed by atoms with Gasteiger partial charge in [-0.15, -0.1) is 0 Å². The molecule has 1 atom stereocenters. The first kappa shape index (κ1) is 24.3. The van der Waals surface area contributed by atoms with Gasteiger partial charge in [-0.2, -0.15) is 0 Å². The number of nitrogens with zero attached hydrogens (tertiary/aromatic N) is 1. The lowest BCUT2D eigenvalue weighted by Crippen LogP contribution is -2.31. The SMILES string of the molecule is C=CNCn1c(=O)c(C(=O)OCC)c(O)c2cc(CCC[C@H](C)CCCC)cc(N)c21. The number of unbranched alkanes of at least 4 members (excludes halogenated alkanes) is 1. The van der Waals surface area contributed by atoms with Crippen molar-refractivity contribution in [1.29, 1.82) is 0 Å². The Labute approximate surface area is 183 Å². The molecule has 1 aromatic heterocycles. The van der Waals surface area contributed by atoms with Crippen LogP contribution in [0.1, 0.15) is 68.8 Å². The van der Waals surface area contributed by atoms with Crippen molar-refractivity contribution in [2.75, 3.05) is 12.3 Å². The lowest BCUT2D eigenvalue weighted by atomic mass is 9.95. The van der Waals surface area contributed by atoms with E-state index in [1.165, 1.54) is 30.0 Å². The Morgan fingerprint density at radius 1 is 1.32 bits per heavy atom. The van der Waals surface area contributed by atoms with E-state index in [1.807, 2.05) is 12.1 Å². The Hall–Kier alpha value is -2.96. The van der Waals surface area contributed by atoms with Crippen LogP contribution in [0.15, 0.2) is 29.7 Å². The number of aromatic nitrogens is 1. The van der Waals surface area contributed by atoms with Crippen LogP contribution in [0.2, 0.25) is 0 Å². The Kier molecular flexibility index (Phi) is 8.97. The molecule has 0 spiro atoms. The minimum Gasteiger partial charge on any atom is -0.506 e. The minimum atomic E-state index is -0.854. The zero-order valence-corrected chi connectivity index (χ0v) is 18.9. The topological polar surface area (TPSA) is 107 Å². The molecule has 31 heavy (non-hydrogen) atoms. The van der Waals surface area contributed by atoms with Crippen molar-refractivity contribution in [2.24, 2.45) is 5.92 Å². The highest BCUT2D eigenvalue weighted by atomic mass is 16.5. The standard InChI is InChI=1S/C24H35N3O4/c1-5-8-10-16(4)11-9-12-17-13-18-21(19(25)14-17)27(15-26-6-2)23(29)20(22(18)28)24(30)31-7-3/h6,13-14,16,26,28H,2,5,7-12,15,25H2,1,3-4H3/t16-/m1/s1. The molecule has 0 saturated carbocycles. The first-order valence-corrected chi connectivity index (χ1v) is 11.0. The van der Waals surface area contributed by atoms with E-state index in [9.17, 15) is 14.7 Å². The van der Waals surface area contributed by atoms with Crippen LogP contribution in [0.3, 0.4) is 0 Å². The molecule has 0 bridgehead atoms. The fourth-order valence-corrected chi connectivity index (χ4v) is 3.86. The summed E-state index contributed by atoms with van der Waals surface area (Å²) in [6.45, 7) is 9.87. The third kappa shape index (κ3) is 5.81. The predicted molar refractivity (Wildman–Crippen MR) is 125 cm³/mol. The zero-order chi connectivity index (χ0) is 23.0. The van der Waals surface area contributed by atoms with Gasteiger partial charge in [0.1, 0.15) is 5.75 Å². The van der Waals surface area contributed by atoms with Gasteiger partial charge in [0.2, 0.25) is 0 Å². The third-order valence-electron chi connectivity index (χ3n) is 5.51. The molecule has 7 heteroatoms. The van der Waals surface area contributed by atoms with Gasteiger partial charge in [0.25, 0.3) is 5.56 Å². The number of pyridine rings is 1. The summed E-state index contributed by atoms with van der Waals surface area (Å²) in [7, 11) is 0. The Bertz CT molecular complexity index is 981. The number of nitrogens with two attached hydrogens (primary N) is 1. The van der Waals surface area contributed by atoms with Gasteiger partial charge >= 0.3 is 5.97 Å². The molecule has 0 aliphatic rings. The molecule has 0 saturated heterocycles. The molecule has 4 N–H and O–H groups in total. The highest BCUT2D eigenvalue weighted by Crippen LogP contribution is 2.32. The molecular formula is C24H35N3O4. The summed E-state index contributed by atoms with van der Waals surface area (Å²) in [4.78, 5) is 25.4. The molecule has 2 rings (SSSR count). The maximum Gasteiger partial charge on any atom is 0.347 e. The second-order valence-corrected chi connectivity index (χ2v) is 7.96. The van der Waals surface area contributed by atoms with Crippen LogP contribution in [-0.4, -0.2) is 22.2 Å². The molecule has 170 valence electrons. The molecule has 0 aliphatic heterocycles. The summed E-state index contributed by atoms with van der Waals surface area (Å²) in [6.07, 6.45) is 8.03. The van der Waals surface area contributed by atoms with E-state index >= 15 is 0 Å². The van der Waals surface area contributed by atoms with Gasteiger partial charge in [0.15, 0.2) is 5.56 Å². The van der Waals surface area contributed by atoms with Gasteiger partial charge in [0, 0.05) is 5.39 Å². The summed E-state index contributed by atoms with van der Waals surface area (Å²) < 4.78 is 6.33. The molecule has 0 fully saturated rings. The highest BCUT2D eigenvalue weighted by Gasteiger charge is 2.24. The van der Waals surface area contributed by atoms with Crippen LogP contribution < -0.4 is 16.6 Å². The number of hydrogen-bond donors (Lipinski definition) is 3. The van der Waals surface area contributed by atoms with Crippen molar-refractivity contribution in [3.8, 4) is 5.75 Å². The zero-order valence-electron chi connectivity index (χ0n) is 18.9. The van der Waals surface area contributed by atoms with Gasteiger partial charge in [-0.05, 0) is 49.6 Å². The van der Waals surface area contributed by atoms with Gasteiger partial charge < -0.3 is 20.9 Å². The lowest BCUT2D eigenvalue weighted by molar-refractivity contribution is 0.0520. The van der Waals surface area contributed by atoms with E-state index in [-0.39, 0.29) is 18.8 Å². The van der Waals surface area contributed by atoms with E-state index in [0.717, 1.165) is 24.8 Å². The van der Waals surface area contributed by atoms with Crippen molar-refractivity contribution in [3.05, 3.63) is 46.4 Å². The summed E-state index contributed by atoms with van der Waals surface area (Å²) in [6, 6.07) is 3.65. The smallest absolute Gasteiger partial charge is 0.347 e. The number of anilines is 1. The van der Waals surface area contributed by atoms with Gasteiger partial charge in [-0.25, -0.2) is 4.79 Å². The summed E-state index contributed by atoms with van der Waals surface area (Å²) in [5, 5.41) is 14.0. The van der Waals surface area contributed by atoms with E-state index in [0.29, 0.717) is 22.5 Å². The van der Waals surface area contributed by atoms with E-state index in [1.54, 1.807) is 6.92 Å². The molecule has 1 aromatic carbocycles. The number of ether oxygens (including phenoxy) is 1. The Morgan fingerprint density at radius 2 is 2.03 bits per heavy atom. The average Bonchev–Trinajstić information content (AvgIpc) is 2.73. The first-order chi connectivity index (χ1) is 14.8. The number of rotatable bonds is 12. The average molecular weight is 430 g/mol. The van der Waals surface area contributed by atoms with Gasteiger partial charge in [-0.3, -0.25) is 9.36 Å². The Balaban J connectivity index is 2.48. The summed E-state index contributed by atoms with van der Waals surface area (Å²) in [5.74, 6) is -0.581. The van der Waals surface area contributed by atoms with Crippen LogP contribution in [0.5, 0.6) is 5.75 Å². The maximum absolute atomic E-state index is 13.0. The number of fused-ring (bicyclic) bond motifs is 1. The number of carbonyl (C=O) groups is 1. The molecule has 1 heterocycles. The number of esters is 1. The Morgan fingerprint density at radius 3 is 2.68 bits per heavy atom. The number of benzene rings is 1. The number of nitrogen functional groups attached to an aromatic ring is 1. The van der Waals surface area contributed by atoms with Crippen molar-refractivity contribution in [3.63, 3.8) is 0 Å². The maximum atomic E-state index is 13.0. The fourth-order valence-electron chi connectivity index (χ4n) is 3.86. The highest BCUT2D eigenvalue weighted by molar-refractivity contribution is 6.02. The molecule has 0 amide bonds. The van der Waals surface area contributed by atoms with E-state index in [2.05, 4.69) is 25.7 Å². The third-order valence-corrected chi connectivity index (χ3v) is 5.51. The minimum absolute atomic E-state index is 0.0595. The molecule has 7 nitrogen and oxygen atoms in total. The van der Waals surface area contributed by atoms with E-state index < -0.39 is 17.3 Å². The summed E-state index contributed by atoms with van der Waals surface area (Å²) >= 11 is 0. The van der Waals surface area contributed by atoms with Crippen molar-refractivity contribution >= 4 is 22.6 Å². The number of carbonyl (C=O) groups excluding carboxylic acids is 1. The predicted octanol–water partition coefficient (Wildman–Crippen LogP) is 4.31. The second kappa shape index (κ2) is 11.4. The van der Waals surface area contributed by atoms with Crippen molar-refractivity contribution < 1.29 is 14.6 Å². The normalized spacial score (nSPS) is 12.0. The number of aryl methyl sites for hydroxylation is 1. The van der Waals surface area contributed by atoms with Gasteiger partial charge in [0.05, 0.1) is 24.5 Å². The molecule has 0 unspecified atom stereocenters. The van der Waals surface area contributed by atoms with E-state index in [4.69, 9.17) is 10.5 Å². The van der Waals surface area contributed by atoms with Gasteiger partial charge in [-0.1, -0.05) is 46.1 Å². The monoisotopic (exact) mass is 429 g/mol. The largest absolute Gasteiger partial charge is 0.506 e. The van der Waals surface area contributed by atoms with Crippen LogP contribution >= 0.6 is 0 Å². The van der Waals surface area contributed by atoms with Crippen molar-refractivity contribution in [2.45, 2.75) is 66.0 Å². The molecule has 0 aliphatic carbocycles.